The fraction of sp³-hybridized carbons (Fsp3) is 0.208. The van der Waals surface area contributed by atoms with Crippen LogP contribution < -0.4 is 14.8 Å². The van der Waals surface area contributed by atoms with Crippen LogP contribution in [0.1, 0.15) is 18.1 Å². The normalized spacial score (nSPS) is 10.4. The smallest absolute Gasteiger partial charge is 0.174 e. The van der Waals surface area contributed by atoms with Gasteiger partial charge in [0.25, 0.3) is 0 Å². The van der Waals surface area contributed by atoms with Crippen molar-refractivity contribution in [3.05, 3.63) is 89.7 Å². The maximum Gasteiger partial charge on any atom is 0.174 e. The van der Waals surface area contributed by atoms with E-state index in [1.165, 1.54) is 12.1 Å². The summed E-state index contributed by atoms with van der Waals surface area (Å²) in [6.45, 7) is 3.63. The number of hydrogen-bond donors (Lipinski definition) is 1. The number of nitrogens with one attached hydrogen (secondary N) is 1. The van der Waals surface area contributed by atoms with E-state index in [2.05, 4.69) is 5.32 Å². The van der Waals surface area contributed by atoms with E-state index in [1.807, 2.05) is 60.4 Å². The van der Waals surface area contributed by atoms with Crippen molar-refractivity contribution in [2.24, 2.45) is 0 Å². The van der Waals surface area contributed by atoms with Crippen LogP contribution in [0.15, 0.2) is 72.8 Å². The van der Waals surface area contributed by atoms with Gasteiger partial charge in [-0.2, -0.15) is 0 Å². The predicted octanol–water partition coefficient (Wildman–Crippen LogP) is 5.63. The van der Waals surface area contributed by atoms with E-state index in [0.29, 0.717) is 24.8 Å². The van der Waals surface area contributed by atoms with Gasteiger partial charge in [-0.15, -0.1) is 0 Å². The lowest BCUT2D eigenvalue weighted by Gasteiger charge is -2.27. The molecular weight excluding hydrogens is 399 g/mol. The predicted molar refractivity (Wildman–Crippen MR) is 122 cm³/mol. The van der Waals surface area contributed by atoms with E-state index in [4.69, 9.17) is 21.7 Å². The molecule has 0 bridgehead atoms. The number of thiocarbonyl (C=S) groups is 1. The topological polar surface area (TPSA) is 33.7 Å². The van der Waals surface area contributed by atoms with E-state index in [1.54, 1.807) is 19.2 Å². The van der Waals surface area contributed by atoms with Gasteiger partial charge in [-0.25, -0.2) is 4.39 Å². The maximum absolute atomic E-state index is 13.3. The molecule has 0 spiro atoms. The lowest BCUT2D eigenvalue weighted by atomic mass is 10.1. The van der Waals surface area contributed by atoms with Gasteiger partial charge in [-0.3, -0.25) is 0 Å². The minimum absolute atomic E-state index is 0.258. The molecule has 4 nitrogen and oxygen atoms in total. The molecule has 3 aromatic rings. The number of ether oxygens (including phenoxy) is 2. The monoisotopic (exact) mass is 424 g/mol. The average Bonchev–Trinajstić information content (AvgIpc) is 2.77. The van der Waals surface area contributed by atoms with Gasteiger partial charge in [0.1, 0.15) is 17.3 Å². The number of anilines is 1. The number of halogens is 1. The molecule has 0 amide bonds. The molecule has 0 heterocycles. The molecule has 0 saturated heterocycles. The van der Waals surface area contributed by atoms with Crippen molar-refractivity contribution in [1.29, 1.82) is 0 Å². The third-order valence-electron chi connectivity index (χ3n) is 4.53. The Morgan fingerprint density at radius 1 is 0.933 bits per heavy atom. The van der Waals surface area contributed by atoms with Gasteiger partial charge < -0.3 is 19.7 Å². The van der Waals surface area contributed by atoms with Gasteiger partial charge in [0.15, 0.2) is 5.11 Å². The van der Waals surface area contributed by atoms with Crippen LogP contribution in [0.4, 0.5) is 10.1 Å². The number of rotatable bonds is 8. The zero-order valence-electron chi connectivity index (χ0n) is 17.1. The molecule has 3 aromatic carbocycles. The molecule has 6 heteroatoms. The first-order valence-electron chi connectivity index (χ1n) is 9.74. The highest BCUT2D eigenvalue weighted by molar-refractivity contribution is 7.80. The Bertz CT molecular complexity index is 962. The summed E-state index contributed by atoms with van der Waals surface area (Å²) < 4.78 is 24.3. The van der Waals surface area contributed by atoms with Crippen LogP contribution in [-0.2, 0) is 13.1 Å². The Labute approximate surface area is 182 Å². The van der Waals surface area contributed by atoms with Crippen molar-refractivity contribution in [3.63, 3.8) is 0 Å². The standard InChI is InChI=1S/C24H25FN2O2S/c1-3-29-23-7-5-4-6-22(23)26-24(30)27(16-18-8-12-20(25)13-9-18)17-19-10-14-21(28-2)15-11-19/h4-15H,3,16-17H2,1-2H3,(H,26,30). The number of methoxy groups -OCH3 is 1. The molecule has 0 fully saturated rings. The summed E-state index contributed by atoms with van der Waals surface area (Å²) in [6.07, 6.45) is 0. The van der Waals surface area contributed by atoms with Crippen molar-refractivity contribution in [3.8, 4) is 11.5 Å². The second-order valence-electron chi connectivity index (χ2n) is 6.69. The van der Waals surface area contributed by atoms with Crippen LogP contribution in [0.2, 0.25) is 0 Å². The minimum atomic E-state index is -0.258. The lowest BCUT2D eigenvalue weighted by Crippen LogP contribution is -2.34. The molecule has 0 aliphatic rings. The van der Waals surface area contributed by atoms with E-state index in [9.17, 15) is 4.39 Å². The van der Waals surface area contributed by atoms with Crippen molar-refractivity contribution in [2.75, 3.05) is 19.0 Å². The molecule has 156 valence electrons. The summed E-state index contributed by atoms with van der Waals surface area (Å²) in [4.78, 5) is 2.03. The molecule has 0 aliphatic carbocycles. The zero-order valence-corrected chi connectivity index (χ0v) is 17.9. The maximum atomic E-state index is 13.3. The SMILES string of the molecule is CCOc1ccccc1NC(=S)N(Cc1ccc(F)cc1)Cc1ccc(OC)cc1. The van der Waals surface area contributed by atoms with Crippen LogP contribution in [0, 0.1) is 5.82 Å². The average molecular weight is 425 g/mol. The quantitative estimate of drug-likeness (QED) is 0.474. The van der Waals surface area contributed by atoms with Crippen LogP contribution in [0.5, 0.6) is 11.5 Å². The van der Waals surface area contributed by atoms with Crippen LogP contribution in [-0.4, -0.2) is 23.7 Å². The summed E-state index contributed by atoms with van der Waals surface area (Å²) in [5.74, 6) is 1.29. The van der Waals surface area contributed by atoms with Crippen LogP contribution in [0.25, 0.3) is 0 Å². The number of benzene rings is 3. The van der Waals surface area contributed by atoms with Crippen molar-refractivity contribution >= 4 is 23.0 Å². The first-order valence-corrected chi connectivity index (χ1v) is 10.1. The molecule has 0 radical (unpaired) electrons. The summed E-state index contributed by atoms with van der Waals surface area (Å²) >= 11 is 5.73. The Hall–Kier alpha value is -3.12. The van der Waals surface area contributed by atoms with Gasteiger partial charge in [-0.1, -0.05) is 36.4 Å². The van der Waals surface area contributed by atoms with Gasteiger partial charge in [0.2, 0.25) is 0 Å². The van der Waals surface area contributed by atoms with Crippen molar-refractivity contribution in [1.82, 2.24) is 4.90 Å². The second kappa shape index (κ2) is 10.6. The summed E-state index contributed by atoms with van der Waals surface area (Å²) in [5.41, 5.74) is 2.86. The molecule has 0 aromatic heterocycles. The summed E-state index contributed by atoms with van der Waals surface area (Å²) in [5, 5.41) is 3.86. The first kappa shape index (κ1) is 21.6. The number of para-hydroxylation sites is 2. The van der Waals surface area contributed by atoms with Gasteiger partial charge in [0.05, 0.1) is 19.4 Å². The summed E-state index contributed by atoms with van der Waals surface area (Å²) in [7, 11) is 1.64. The first-order chi connectivity index (χ1) is 14.6. The van der Waals surface area contributed by atoms with Gasteiger partial charge in [-0.05, 0) is 66.7 Å². The Morgan fingerprint density at radius 2 is 1.53 bits per heavy atom. The van der Waals surface area contributed by atoms with E-state index in [0.717, 1.165) is 28.3 Å². The molecule has 0 saturated carbocycles. The third kappa shape index (κ3) is 5.94. The van der Waals surface area contributed by atoms with Gasteiger partial charge in [0, 0.05) is 13.1 Å². The molecule has 0 unspecified atom stereocenters. The molecule has 3 rings (SSSR count). The van der Waals surface area contributed by atoms with Crippen LogP contribution >= 0.6 is 12.2 Å². The minimum Gasteiger partial charge on any atom is -0.497 e. The molecule has 1 N–H and O–H groups in total. The Morgan fingerprint density at radius 3 is 2.13 bits per heavy atom. The Balaban J connectivity index is 1.81. The highest BCUT2D eigenvalue weighted by Crippen LogP contribution is 2.25. The van der Waals surface area contributed by atoms with E-state index in [-0.39, 0.29) is 5.82 Å². The van der Waals surface area contributed by atoms with E-state index >= 15 is 0 Å². The largest absolute Gasteiger partial charge is 0.497 e. The highest BCUT2D eigenvalue weighted by Gasteiger charge is 2.14. The zero-order chi connectivity index (χ0) is 21.3. The third-order valence-corrected chi connectivity index (χ3v) is 4.90. The molecule has 30 heavy (non-hydrogen) atoms. The van der Waals surface area contributed by atoms with Crippen LogP contribution in [0.3, 0.4) is 0 Å². The fourth-order valence-corrected chi connectivity index (χ4v) is 3.25. The van der Waals surface area contributed by atoms with Crippen molar-refractivity contribution < 1.29 is 13.9 Å². The van der Waals surface area contributed by atoms with E-state index < -0.39 is 0 Å². The molecular formula is C24H25FN2O2S. The number of nitrogens with zero attached hydrogens (tertiary/aromatic N) is 1. The van der Waals surface area contributed by atoms with Gasteiger partial charge >= 0.3 is 0 Å². The number of hydrogen-bond acceptors (Lipinski definition) is 3. The fourth-order valence-electron chi connectivity index (χ4n) is 3.01. The molecule has 0 atom stereocenters. The highest BCUT2D eigenvalue weighted by atomic mass is 32.1. The van der Waals surface area contributed by atoms with Crippen molar-refractivity contribution in [2.45, 2.75) is 20.0 Å². The summed E-state index contributed by atoms with van der Waals surface area (Å²) in [6, 6.07) is 22.0. The molecule has 0 aliphatic heterocycles. The Kier molecular flexibility index (Phi) is 7.63. The second-order valence-corrected chi connectivity index (χ2v) is 7.08. The lowest BCUT2D eigenvalue weighted by molar-refractivity contribution is 0.342.